The molecule has 0 amide bonds. The molecule has 5 rings (SSSR count). The summed E-state index contributed by atoms with van der Waals surface area (Å²) in [6.45, 7) is 5.02. The molecule has 0 spiro atoms. The normalized spacial score (nSPS) is 14.2. The van der Waals surface area contributed by atoms with Gasteiger partial charge in [0.1, 0.15) is 11.3 Å². The second-order valence-corrected chi connectivity index (χ2v) is 7.91. The molecule has 0 radical (unpaired) electrons. The van der Waals surface area contributed by atoms with Gasteiger partial charge in [-0.3, -0.25) is 9.55 Å². The van der Waals surface area contributed by atoms with Gasteiger partial charge in [0.15, 0.2) is 0 Å². The van der Waals surface area contributed by atoms with Crippen LogP contribution in [0.25, 0.3) is 27.6 Å². The molecule has 3 heterocycles. The largest absolute Gasteiger partial charge is 0.465 e. The first-order valence-corrected chi connectivity index (χ1v) is 11.0. The van der Waals surface area contributed by atoms with E-state index in [1.54, 1.807) is 0 Å². The summed E-state index contributed by atoms with van der Waals surface area (Å²) in [5.41, 5.74) is 4.96. The van der Waals surface area contributed by atoms with Crippen LogP contribution in [-0.2, 0) is 15.9 Å². The fraction of sp³-hybridized carbons (Fsp3) is 0.320. The number of carbonyl (C=O) groups is 1. The van der Waals surface area contributed by atoms with E-state index in [1.165, 1.54) is 7.11 Å². The molecule has 0 atom stereocenters. The summed E-state index contributed by atoms with van der Waals surface area (Å²) in [4.78, 5) is 24.5. The van der Waals surface area contributed by atoms with Gasteiger partial charge in [-0.2, -0.15) is 0 Å². The first-order chi connectivity index (χ1) is 15.7. The number of benzene rings is 2. The topological polar surface area (TPSA) is 69.5 Å². The number of hydrogen-bond acceptors (Lipinski definition) is 6. The third kappa shape index (κ3) is 3.48. The first-order valence-electron chi connectivity index (χ1n) is 11.0. The molecule has 164 valence electrons. The van der Waals surface area contributed by atoms with E-state index in [-0.39, 0.29) is 5.97 Å². The van der Waals surface area contributed by atoms with Crippen molar-refractivity contribution in [2.24, 2.45) is 0 Å². The number of fused-ring (bicyclic) bond motifs is 2. The van der Waals surface area contributed by atoms with Crippen molar-refractivity contribution in [1.29, 1.82) is 0 Å². The van der Waals surface area contributed by atoms with Crippen molar-refractivity contribution < 1.29 is 14.3 Å². The zero-order valence-corrected chi connectivity index (χ0v) is 18.4. The molecule has 32 heavy (non-hydrogen) atoms. The maximum absolute atomic E-state index is 12.8. The Kier molecular flexibility index (Phi) is 5.49. The van der Waals surface area contributed by atoms with E-state index >= 15 is 0 Å². The van der Waals surface area contributed by atoms with Crippen molar-refractivity contribution in [1.82, 2.24) is 14.5 Å². The molecule has 2 aromatic heterocycles. The molecule has 1 fully saturated rings. The van der Waals surface area contributed by atoms with Gasteiger partial charge in [-0.25, -0.2) is 9.78 Å². The molecule has 1 aliphatic heterocycles. The maximum atomic E-state index is 12.8. The average molecular weight is 431 g/mol. The van der Waals surface area contributed by atoms with Crippen LogP contribution in [0, 0.1) is 0 Å². The number of para-hydroxylation sites is 1. The number of imidazole rings is 1. The lowest BCUT2D eigenvalue weighted by Gasteiger charge is -2.29. The molecule has 4 aromatic rings. The minimum absolute atomic E-state index is 0.377. The Morgan fingerprint density at radius 2 is 1.97 bits per heavy atom. The SMILES string of the molecule is CCCc1nc2c(C(=O)OC)cc(N3CCOCC3)cc2n1-c1ccnc2ccccc12. The molecule has 0 aliphatic carbocycles. The minimum Gasteiger partial charge on any atom is -0.465 e. The summed E-state index contributed by atoms with van der Waals surface area (Å²) in [5.74, 6) is 0.542. The van der Waals surface area contributed by atoms with E-state index in [1.807, 2.05) is 36.5 Å². The van der Waals surface area contributed by atoms with E-state index in [0.717, 1.165) is 59.5 Å². The molecule has 0 bridgehead atoms. The summed E-state index contributed by atoms with van der Waals surface area (Å²) in [6, 6.07) is 14.1. The number of hydrogen-bond donors (Lipinski definition) is 0. The molecule has 0 N–H and O–H groups in total. The zero-order valence-electron chi connectivity index (χ0n) is 18.4. The lowest BCUT2D eigenvalue weighted by Crippen LogP contribution is -2.36. The van der Waals surface area contributed by atoms with Gasteiger partial charge < -0.3 is 14.4 Å². The highest BCUT2D eigenvalue weighted by Gasteiger charge is 2.23. The number of morpholine rings is 1. The predicted octanol–water partition coefficient (Wildman–Crippen LogP) is 4.15. The molecular formula is C25H26N4O3. The number of nitrogens with zero attached hydrogens (tertiary/aromatic N) is 4. The van der Waals surface area contributed by atoms with Gasteiger partial charge in [-0.1, -0.05) is 25.1 Å². The van der Waals surface area contributed by atoms with Gasteiger partial charge in [-0.15, -0.1) is 0 Å². The molecule has 1 aliphatic rings. The highest BCUT2D eigenvalue weighted by atomic mass is 16.5. The lowest BCUT2D eigenvalue weighted by molar-refractivity contribution is 0.0603. The van der Waals surface area contributed by atoms with Crippen LogP contribution in [0.1, 0.15) is 29.5 Å². The van der Waals surface area contributed by atoms with Crippen molar-refractivity contribution >= 4 is 33.6 Å². The summed E-state index contributed by atoms with van der Waals surface area (Å²) in [5, 5.41) is 1.04. The number of aryl methyl sites for hydroxylation is 1. The van der Waals surface area contributed by atoms with E-state index in [4.69, 9.17) is 14.5 Å². The summed E-state index contributed by atoms with van der Waals surface area (Å²) in [6.07, 6.45) is 3.56. The maximum Gasteiger partial charge on any atom is 0.340 e. The number of pyridine rings is 1. The summed E-state index contributed by atoms with van der Waals surface area (Å²) in [7, 11) is 1.41. The Labute approximate surface area is 186 Å². The fourth-order valence-corrected chi connectivity index (χ4v) is 4.42. The molecular weight excluding hydrogens is 404 g/mol. The second-order valence-electron chi connectivity index (χ2n) is 7.91. The molecule has 0 unspecified atom stereocenters. The second kappa shape index (κ2) is 8.59. The standard InChI is InChI=1S/C25H26N4O3/c1-3-6-23-27-24-19(25(30)31-2)15-17(28-11-13-32-14-12-28)16-22(24)29(23)21-9-10-26-20-8-5-4-7-18(20)21/h4-5,7-10,15-16H,3,6,11-14H2,1-2H3. The molecule has 7 heteroatoms. The quantitative estimate of drug-likeness (QED) is 0.443. The van der Waals surface area contributed by atoms with Crippen LogP contribution in [0.4, 0.5) is 5.69 Å². The highest BCUT2D eigenvalue weighted by molar-refractivity contribution is 6.05. The number of ether oxygens (including phenoxy) is 2. The van der Waals surface area contributed by atoms with Gasteiger partial charge in [0.05, 0.1) is 42.6 Å². The Hall–Kier alpha value is -3.45. The third-order valence-electron chi connectivity index (χ3n) is 5.94. The Morgan fingerprint density at radius 1 is 1.16 bits per heavy atom. The number of methoxy groups -OCH3 is 1. The van der Waals surface area contributed by atoms with E-state index in [2.05, 4.69) is 33.5 Å². The molecule has 1 saturated heterocycles. The van der Waals surface area contributed by atoms with Gasteiger partial charge in [0, 0.05) is 36.8 Å². The minimum atomic E-state index is -0.377. The van der Waals surface area contributed by atoms with Crippen molar-refractivity contribution in [3.8, 4) is 5.69 Å². The van der Waals surface area contributed by atoms with Crippen LogP contribution >= 0.6 is 0 Å². The van der Waals surface area contributed by atoms with Crippen LogP contribution in [0.5, 0.6) is 0 Å². The van der Waals surface area contributed by atoms with E-state index in [9.17, 15) is 4.79 Å². The van der Waals surface area contributed by atoms with Crippen molar-refractivity contribution in [2.45, 2.75) is 19.8 Å². The van der Waals surface area contributed by atoms with E-state index in [0.29, 0.717) is 24.3 Å². The van der Waals surface area contributed by atoms with Gasteiger partial charge in [-0.05, 0) is 30.7 Å². The van der Waals surface area contributed by atoms with Crippen molar-refractivity contribution in [2.75, 3.05) is 38.3 Å². The number of esters is 1. The zero-order chi connectivity index (χ0) is 22.1. The van der Waals surface area contributed by atoms with E-state index < -0.39 is 0 Å². The monoisotopic (exact) mass is 430 g/mol. The molecule has 2 aromatic carbocycles. The number of rotatable bonds is 5. The van der Waals surface area contributed by atoms with Crippen LogP contribution in [0.15, 0.2) is 48.7 Å². The average Bonchev–Trinajstić information content (AvgIpc) is 3.21. The Morgan fingerprint density at radius 3 is 2.75 bits per heavy atom. The predicted molar refractivity (Wildman–Crippen MR) is 125 cm³/mol. The van der Waals surface area contributed by atoms with Crippen LogP contribution in [-0.4, -0.2) is 53.9 Å². The third-order valence-corrected chi connectivity index (χ3v) is 5.94. The van der Waals surface area contributed by atoms with Crippen molar-refractivity contribution in [3.63, 3.8) is 0 Å². The van der Waals surface area contributed by atoms with Crippen LogP contribution < -0.4 is 4.90 Å². The first kappa shape index (κ1) is 20.5. The molecule has 7 nitrogen and oxygen atoms in total. The Balaban J connectivity index is 1.82. The summed E-state index contributed by atoms with van der Waals surface area (Å²) < 4.78 is 12.8. The van der Waals surface area contributed by atoms with Crippen LogP contribution in [0.2, 0.25) is 0 Å². The number of anilines is 1. The lowest BCUT2D eigenvalue weighted by atomic mass is 10.1. The van der Waals surface area contributed by atoms with Gasteiger partial charge in [0.25, 0.3) is 0 Å². The van der Waals surface area contributed by atoms with Crippen LogP contribution in [0.3, 0.4) is 0 Å². The highest BCUT2D eigenvalue weighted by Crippen LogP contribution is 2.33. The smallest absolute Gasteiger partial charge is 0.340 e. The Bertz CT molecular complexity index is 1290. The number of carbonyl (C=O) groups excluding carboxylic acids is 1. The summed E-state index contributed by atoms with van der Waals surface area (Å²) >= 11 is 0. The van der Waals surface area contributed by atoms with Crippen molar-refractivity contribution in [3.05, 3.63) is 60.0 Å². The van der Waals surface area contributed by atoms with Gasteiger partial charge >= 0.3 is 5.97 Å². The van der Waals surface area contributed by atoms with Gasteiger partial charge in [0.2, 0.25) is 0 Å². The fourth-order valence-electron chi connectivity index (χ4n) is 4.42. The molecule has 0 saturated carbocycles. The number of aromatic nitrogens is 3.